The lowest BCUT2D eigenvalue weighted by molar-refractivity contribution is 0.386. The molecule has 1 aliphatic carbocycles. The van der Waals surface area contributed by atoms with E-state index in [0.29, 0.717) is 0 Å². The van der Waals surface area contributed by atoms with Crippen molar-refractivity contribution in [1.82, 2.24) is 0 Å². The minimum atomic E-state index is 0.963. The van der Waals surface area contributed by atoms with E-state index >= 15 is 0 Å². The minimum Gasteiger partial charge on any atom is -0.0654 e. The van der Waals surface area contributed by atoms with E-state index in [1.54, 1.807) is 6.42 Å². The Morgan fingerprint density at radius 3 is 1.44 bits per heavy atom. The summed E-state index contributed by atoms with van der Waals surface area (Å²) in [4.78, 5) is 0. The lowest BCUT2D eigenvalue weighted by Crippen LogP contribution is -2.01. The van der Waals surface area contributed by atoms with Gasteiger partial charge >= 0.3 is 0 Å². The molecule has 0 radical (unpaired) electrons. The van der Waals surface area contributed by atoms with Crippen LogP contribution in [0.15, 0.2) is 0 Å². The first-order valence-corrected chi connectivity index (χ1v) is 15.7. The molecule has 0 nitrogen and oxygen atoms in total. The van der Waals surface area contributed by atoms with Crippen molar-refractivity contribution in [3.63, 3.8) is 0 Å². The molecule has 0 spiro atoms. The van der Waals surface area contributed by atoms with Gasteiger partial charge < -0.3 is 0 Å². The van der Waals surface area contributed by atoms with Crippen LogP contribution in [0.25, 0.3) is 0 Å². The highest BCUT2D eigenvalue weighted by Gasteiger charge is 2.39. The zero-order valence-electron chi connectivity index (χ0n) is 23.3. The Labute approximate surface area is 205 Å². The highest BCUT2D eigenvalue weighted by molar-refractivity contribution is 4.89. The molecule has 192 valence electrons. The zero-order chi connectivity index (χ0) is 23.3. The van der Waals surface area contributed by atoms with Gasteiger partial charge in [-0.05, 0) is 30.1 Å². The van der Waals surface area contributed by atoms with E-state index in [1.165, 1.54) is 148 Å². The minimum absolute atomic E-state index is 0.963. The molecule has 0 aromatic heterocycles. The van der Waals surface area contributed by atoms with E-state index < -0.39 is 0 Å². The first-order valence-electron chi connectivity index (χ1n) is 15.7. The maximum atomic E-state index is 2.55. The van der Waals surface area contributed by atoms with Crippen LogP contribution in [0, 0.1) is 23.7 Å². The van der Waals surface area contributed by atoms with Crippen molar-refractivity contribution in [3.8, 4) is 0 Å². The van der Waals surface area contributed by atoms with Crippen molar-refractivity contribution < 1.29 is 0 Å². The third-order valence-electron chi connectivity index (χ3n) is 8.54. The largest absolute Gasteiger partial charge is 0.0654 e. The molecule has 0 N–H and O–H groups in total. The average molecular weight is 449 g/mol. The summed E-state index contributed by atoms with van der Waals surface area (Å²) in [6, 6.07) is 0. The van der Waals surface area contributed by atoms with Crippen LogP contribution in [0.2, 0.25) is 0 Å². The Bertz CT molecular complexity index is 372. The second-order valence-electron chi connectivity index (χ2n) is 11.9. The van der Waals surface area contributed by atoms with Gasteiger partial charge in [0.15, 0.2) is 0 Å². The van der Waals surface area contributed by atoms with Crippen LogP contribution in [-0.2, 0) is 0 Å². The van der Waals surface area contributed by atoms with Crippen LogP contribution in [0.3, 0.4) is 0 Å². The number of hydrogen-bond acceptors (Lipinski definition) is 0. The molecule has 0 heteroatoms. The van der Waals surface area contributed by atoms with Gasteiger partial charge in [-0.2, -0.15) is 0 Å². The van der Waals surface area contributed by atoms with Gasteiger partial charge in [-0.15, -0.1) is 0 Å². The van der Waals surface area contributed by atoms with Crippen molar-refractivity contribution in [1.29, 1.82) is 0 Å². The van der Waals surface area contributed by atoms with Crippen molar-refractivity contribution in [2.45, 2.75) is 182 Å². The van der Waals surface area contributed by atoms with Crippen LogP contribution in [0.1, 0.15) is 182 Å². The van der Waals surface area contributed by atoms with Crippen LogP contribution >= 0.6 is 0 Å². The van der Waals surface area contributed by atoms with Gasteiger partial charge in [-0.3, -0.25) is 0 Å². The molecule has 1 rings (SSSR count). The fourth-order valence-electron chi connectivity index (χ4n) is 5.96. The molecule has 1 aliphatic rings. The quantitative estimate of drug-likeness (QED) is 0.122. The maximum Gasteiger partial charge on any atom is -0.0357 e. The number of unbranched alkanes of at least 4 members (excludes halogenated alkanes) is 16. The van der Waals surface area contributed by atoms with Gasteiger partial charge in [-0.25, -0.2) is 0 Å². The normalized spacial score (nSPS) is 19.9. The van der Waals surface area contributed by atoms with Crippen molar-refractivity contribution >= 4 is 0 Å². The topological polar surface area (TPSA) is 0 Å². The van der Waals surface area contributed by atoms with Gasteiger partial charge in [0.2, 0.25) is 0 Å². The monoisotopic (exact) mass is 449 g/mol. The first-order chi connectivity index (χ1) is 15.7. The molecular weight excluding hydrogens is 384 g/mol. The molecule has 0 heterocycles. The molecule has 0 aromatic rings. The summed E-state index contributed by atoms with van der Waals surface area (Å²) in [6.45, 7) is 9.69. The predicted octanol–water partition coefficient (Wildman–Crippen LogP) is 11.9. The summed E-state index contributed by atoms with van der Waals surface area (Å²) in [6.07, 6.45) is 35.5. The van der Waals surface area contributed by atoms with E-state index in [-0.39, 0.29) is 0 Å². The summed E-state index contributed by atoms with van der Waals surface area (Å²) in [7, 11) is 0. The standard InChI is InChI=1S/C32H64/c1-5-7-9-11-12-13-14-15-16-17-19-20-24-29(3)25-22-23-26-30(4)32-28-31(32)27-21-18-10-8-6-2/h29-32H,5-28H2,1-4H3. The van der Waals surface area contributed by atoms with E-state index in [9.17, 15) is 0 Å². The van der Waals surface area contributed by atoms with Crippen molar-refractivity contribution in [2.75, 3.05) is 0 Å². The second-order valence-corrected chi connectivity index (χ2v) is 11.9. The maximum absolute atomic E-state index is 2.55. The highest BCUT2D eigenvalue weighted by Crippen LogP contribution is 2.48. The molecule has 0 saturated heterocycles. The van der Waals surface area contributed by atoms with E-state index in [2.05, 4.69) is 27.7 Å². The zero-order valence-corrected chi connectivity index (χ0v) is 23.3. The van der Waals surface area contributed by atoms with Gasteiger partial charge in [0.25, 0.3) is 0 Å². The Morgan fingerprint density at radius 1 is 0.500 bits per heavy atom. The second kappa shape index (κ2) is 21.5. The smallest absolute Gasteiger partial charge is 0.0357 e. The van der Waals surface area contributed by atoms with Gasteiger partial charge in [-0.1, -0.05) is 175 Å². The van der Waals surface area contributed by atoms with E-state index in [0.717, 1.165) is 23.7 Å². The summed E-state index contributed by atoms with van der Waals surface area (Å²) in [5.74, 6) is 4.17. The summed E-state index contributed by atoms with van der Waals surface area (Å²) in [5.41, 5.74) is 0. The van der Waals surface area contributed by atoms with E-state index in [4.69, 9.17) is 0 Å². The van der Waals surface area contributed by atoms with Crippen LogP contribution in [0.5, 0.6) is 0 Å². The molecule has 0 aliphatic heterocycles. The third-order valence-corrected chi connectivity index (χ3v) is 8.54. The van der Waals surface area contributed by atoms with Crippen LogP contribution in [-0.4, -0.2) is 0 Å². The Hall–Kier alpha value is 0. The van der Waals surface area contributed by atoms with Crippen LogP contribution < -0.4 is 0 Å². The molecule has 4 unspecified atom stereocenters. The summed E-state index contributed by atoms with van der Waals surface area (Å²) in [5, 5.41) is 0. The molecule has 0 amide bonds. The van der Waals surface area contributed by atoms with Crippen molar-refractivity contribution in [3.05, 3.63) is 0 Å². The lowest BCUT2D eigenvalue weighted by Gasteiger charge is -2.14. The van der Waals surface area contributed by atoms with Crippen molar-refractivity contribution in [2.24, 2.45) is 23.7 Å². The molecule has 32 heavy (non-hydrogen) atoms. The highest BCUT2D eigenvalue weighted by atomic mass is 14.4. The average Bonchev–Trinajstić information content (AvgIpc) is 3.57. The molecule has 4 atom stereocenters. The molecule has 1 saturated carbocycles. The molecule has 1 fully saturated rings. The Morgan fingerprint density at radius 2 is 0.906 bits per heavy atom. The fraction of sp³-hybridized carbons (Fsp3) is 1.00. The first kappa shape index (κ1) is 30.0. The van der Waals surface area contributed by atoms with Gasteiger partial charge in [0.1, 0.15) is 0 Å². The molecular formula is C32H64. The molecule has 0 aromatic carbocycles. The van der Waals surface area contributed by atoms with Gasteiger partial charge in [0.05, 0.1) is 0 Å². The summed E-state index contributed by atoms with van der Waals surface area (Å²) < 4.78 is 0. The fourth-order valence-corrected chi connectivity index (χ4v) is 5.96. The third kappa shape index (κ3) is 17.5. The van der Waals surface area contributed by atoms with Crippen LogP contribution in [0.4, 0.5) is 0 Å². The SMILES string of the molecule is CCCCCCCCCCCCCCC(C)CCCCC(C)C1CC1CCCCCCC. The Kier molecular flexibility index (Phi) is 20.2. The van der Waals surface area contributed by atoms with Gasteiger partial charge in [0, 0.05) is 0 Å². The predicted molar refractivity (Wildman–Crippen MR) is 147 cm³/mol. The van der Waals surface area contributed by atoms with E-state index in [1.807, 2.05) is 0 Å². The summed E-state index contributed by atoms with van der Waals surface area (Å²) >= 11 is 0. The number of hydrogen-bond donors (Lipinski definition) is 0. The molecule has 0 bridgehead atoms. The lowest BCUT2D eigenvalue weighted by atomic mass is 9.92. The number of rotatable bonds is 25. The Balaban J connectivity index is 1.81.